The highest BCUT2D eigenvalue weighted by Gasteiger charge is 2.23. The lowest BCUT2D eigenvalue weighted by Crippen LogP contribution is -2.24. The van der Waals surface area contributed by atoms with Gasteiger partial charge in [-0.25, -0.2) is 0 Å². The Morgan fingerprint density at radius 3 is 2.94 bits per heavy atom. The van der Waals surface area contributed by atoms with E-state index in [9.17, 15) is 4.79 Å². The zero-order valence-corrected chi connectivity index (χ0v) is 11.1. The molecule has 0 saturated carbocycles. The van der Waals surface area contributed by atoms with Crippen LogP contribution in [-0.2, 0) is 6.42 Å². The second-order valence-corrected chi connectivity index (χ2v) is 4.35. The molecule has 4 nitrogen and oxygen atoms in total. The fourth-order valence-corrected chi connectivity index (χ4v) is 2.19. The molecule has 1 fully saturated rings. The van der Waals surface area contributed by atoms with Crippen molar-refractivity contribution in [2.45, 2.75) is 45.6 Å². The lowest BCUT2D eigenvalue weighted by Gasteiger charge is -2.09. The van der Waals surface area contributed by atoms with Gasteiger partial charge in [-0.1, -0.05) is 12.1 Å². The summed E-state index contributed by atoms with van der Waals surface area (Å²) in [4.78, 5) is 11.7. The summed E-state index contributed by atoms with van der Waals surface area (Å²) in [6.45, 7) is 4.82. The Morgan fingerprint density at radius 1 is 1.59 bits per heavy atom. The minimum absolute atomic E-state index is 0. The molecule has 1 aromatic heterocycles. The topological polar surface area (TPSA) is 55.1 Å². The molecule has 0 amide bonds. The van der Waals surface area contributed by atoms with Gasteiger partial charge in [0.1, 0.15) is 0 Å². The number of hydrogen-bond donors (Lipinski definition) is 1. The lowest BCUT2D eigenvalue weighted by molar-refractivity contribution is 0.0951. The van der Waals surface area contributed by atoms with E-state index in [4.69, 9.17) is 4.52 Å². The lowest BCUT2D eigenvalue weighted by atomic mass is 10.0. The molecule has 2 rings (SSSR count). The quantitative estimate of drug-likeness (QED) is 0.842. The summed E-state index contributed by atoms with van der Waals surface area (Å²) in [5, 5.41) is 7.33. The van der Waals surface area contributed by atoms with Crippen LogP contribution in [0.5, 0.6) is 0 Å². The number of hydrogen-bond acceptors (Lipinski definition) is 4. The molecular weight excluding hydrogens is 240 g/mol. The first-order chi connectivity index (χ1) is 7.72. The maximum absolute atomic E-state index is 11.7. The molecule has 1 aromatic rings. The maximum Gasteiger partial charge on any atom is 0.205 e. The molecule has 2 heterocycles. The van der Waals surface area contributed by atoms with E-state index in [-0.39, 0.29) is 18.2 Å². The van der Waals surface area contributed by atoms with E-state index < -0.39 is 0 Å². The van der Waals surface area contributed by atoms with Crippen LogP contribution in [0, 0.1) is 6.92 Å². The molecule has 0 radical (unpaired) electrons. The molecule has 0 spiro atoms. The third-order valence-electron chi connectivity index (χ3n) is 3.17. The Labute approximate surface area is 108 Å². The highest BCUT2D eigenvalue weighted by atomic mass is 35.5. The van der Waals surface area contributed by atoms with Gasteiger partial charge in [0.05, 0.1) is 5.69 Å². The number of nitrogens with zero attached hydrogens (tertiary/aromatic N) is 1. The molecule has 96 valence electrons. The number of carbonyl (C=O) groups excluding carboxylic acids is 1. The van der Waals surface area contributed by atoms with Gasteiger partial charge in [-0.15, -0.1) is 12.4 Å². The molecule has 5 heteroatoms. The fourth-order valence-electron chi connectivity index (χ4n) is 2.19. The summed E-state index contributed by atoms with van der Waals surface area (Å²) in [6, 6.07) is 0.474. The summed E-state index contributed by atoms with van der Waals surface area (Å²) in [7, 11) is 0. The van der Waals surface area contributed by atoms with E-state index in [1.165, 1.54) is 12.8 Å². The minimum atomic E-state index is 0. The van der Waals surface area contributed by atoms with Gasteiger partial charge in [-0.2, -0.15) is 0 Å². The largest absolute Gasteiger partial charge is 0.353 e. The molecular formula is C12H19ClN2O2. The number of rotatable bonds is 4. The third kappa shape index (κ3) is 3.07. The smallest absolute Gasteiger partial charge is 0.205 e. The van der Waals surface area contributed by atoms with Crippen LogP contribution in [-0.4, -0.2) is 23.5 Å². The van der Waals surface area contributed by atoms with Gasteiger partial charge in [0.15, 0.2) is 0 Å². The third-order valence-corrected chi connectivity index (χ3v) is 3.17. The van der Waals surface area contributed by atoms with Crippen molar-refractivity contribution in [1.29, 1.82) is 0 Å². The van der Waals surface area contributed by atoms with Crippen LogP contribution in [0.15, 0.2) is 4.52 Å². The first-order valence-electron chi connectivity index (χ1n) is 5.94. The molecule has 0 bridgehead atoms. The Kier molecular flexibility index (Phi) is 5.15. The average Bonchev–Trinajstić information content (AvgIpc) is 2.90. The predicted molar refractivity (Wildman–Crippen MR) is 67.8 cm³/mol. The van der Waals surface area contributed by atoms with E-state index in [0.29, 0.717) is 18.2 Å². The summed E-state index contributed by atoms with van der Waals surface area (Å²) in [6.07, 6.45) is 3.71. The molecule has 1 N–H and O–H groups in total. The normalized spacial score (nSPS) is 19.1. The van der Waals surface area contributed by atoms with Crippen LogP contribution in [0.25, 0.3) is 0 Å². The highest BCUT2D eigenvalue weighted by molar-refractivity contribution is 5.94. The van der Waals surface area contributed by atoms with Gasteiger partial charge in [-0.05, 0) is 32.7 Å². The van der Waals surface area contributed by atoms with Crippen molar-refractivity contribution in [3.63, 3.8) is 0 Å². The number of ketones is 1. The predicted octanol–water partition coefficient (Wildman–Crippen LogP) is 2.29. The zero-order valence-electron chi connectivity index (χ0n) is 10.3. The van der Waals surface area contributed by atoms with E-state index >= 15 is 0 Å². The molecule has 0 aromatic carbocycles. The molecule has 1 saturated heterocycles. The highest BCUT2D eigenvalue weighted by Crippen LogP contribution is 2.20. The van der Waals surface area contributed by atoms with Gasteiger partial charge in [0.25, 0.3) is 0 Å². The molecule has 1 unspecified atom stereocenters. The van der Waals surface area contributed by atoms with Crippen LogP contribution >= 0.6 is 12.4 Å². The second-order valence-electron chi connectivity index (χ2n) is 4.35. The fraction of sp³-hybridized carbons (Fsp3) is 0.667. The Morgan fingerprint density at radius 2 is 2.35 bits per heavy atom. The Balaban J connectivity index is 0.00000144. The van der Waals surface area contributed by atoms with Crippen molar-refractivity contribution in [1.82, 2.24) is 10.5 Å². The summed E-state index contributed by atoms with van der Waals surface area (Å²) in [5.41, 5.74) is 1.84. The molecule has 1 atom stereocenters. The number of halogens is 1. The van der Waals surface area contributed by atoms with Gasteiger partial charge < -0.3 is 9.84 Å². The monoisotopic (exact) mass is 258 g/mol. The van der Waals surface area contributed by atoms with Crippen molar-refractivity contribution in [3.8, 4) is 0 Å². The van der Waals surface area contributed by atoms with Gasteiger partial charge in [0, 0.05) is 18.0 Å². The van der Waals surface area contributed by atoms with Crippen molar-refractivity contribution in [2.75, 3.05) is 6.54 Å². The summed E-state index contributed by atoms with van der Waals surface area (Å²) >= 11 is 0. The number of aromatic nitrogens is 1. The van der Waals surface area contributed by atoms with Gasteiger partial charge in [0.2, 0.25) is 11.5 Å². The number of carbonyl (C=O) groups is 1. The van der Waals surface area contributed by atoms with Crippen molar-refractivity contribution in [2.24, 2.45) is 0 Å². The van der Waals surface area contributed by atoms with E-state index in [1.807, 2.05) is 13.8 Å². The van der Waals surface area contributed by atoms with Gasteiger partial charge in [-0.3, -0.25) is 4.79 Å². The minimum Gasteiger partial charge on any atom is -0.353 e. The molecule has 17 heavy (non-hydrogen) atoms. The molecule has 1 aliphatic rings. The van der Waals surface area contributed by atoms with Gasteiger partial charge >= 0.3 is 0 Å². The van der Waals surface area contributed by atoms with E-state index in [0.717, 1.165) is 24.2 Å². The SMILES string of the molecule is CCC(=O)c1onc(C)c1CC1CCCN1.Cl. The van der Waals surface area contributed by atoms with Crippen LogP contribution in [0.2, 0.25) is 0 Å². The Bertz CT molecular complexity index is 384. The summed E-state index contributed by atoms with van der Waals surface area (Å²) in [5.74, 6) is 0.516. The van der Waals surface area contributed by atoms with E-state index in [1.54, 1.807) is 0 Å². The number of Topliss-reactive ketones (excluding diaryl/α,β-unsaturated/α-hetero) is 1. The van der Waals surface area contributed by atoms with Crippen LogP contribution in [0.3, 0.4) is 0 Å². The van der Waals surface area contributed by atoms with Crippen LogP contribution in [0.4, 0.5) is 0 Å². The summed E-state index contributed by atoms with van der Waals surface area (Å²) < 4.78 is 5.13. The first kappa shape index (κ1) is 14.2. The zero-order chi connectivity index (χ0) is 11.5. The second kappa shape index (κ2) is 6.17. The van der Waals surface area contributed by atoms with Crippen molar-refractivity contribution < 1.29 is 9.32 Å². The standard InChI is InChI=1S/C12H18N2O2.ClH/c1-3-11(15)12-10(8(2)14-16-12)7-9-5-4-6-13-9;/h9,13H,3-7H2,1-2H3;1H. The van der Waals surface area contributed by atoms with Crippen LogP contribution < -0.4 is 5.32 Å². The number of nitrogens with one attached hydrogen (secondary N) is 1. The van der Waals surface area contributed by atoms with Crippen molar-refractivity contribution >= 4 is 18.2 Å². The Hall–Kier alpha value is -0.870. The average molecular weight is 259 g/mol. The maximum atomic E-state index is 11.7. The van der Waals surface area contributed by atoms with Crippen LogP contribution in [0.1, 0.15) is 48.0 Å². The molecule has 1 aliphatic heterocycles. The first-order valence-corrected chi connectivity index (χ1v) is 5.94. The van der Waals surface area contributed by atoms with Crippen molar-refractivity contribution in [3.05, 3.63) is 17.0 Å². The van der Waals surface area contributed by atoms with E-state index in [2.05, 4.69) is 10.5 Å². The molecule has 0 aliphatic carbocycles. The number of aryl methyl sites for hydroxylation is 1.